The maximum atomic E-state index is 6.01. The Morgan fingerprint density at radius 3 is 2.47 bits per heavy atom. The maximum absolute atomic E-state index is 6.01. The molecular weight excluding hydrogens is 240 g/mol. The smallest absolute Gasteiger partial charge is 0.123 e. The highest BCUT2D eigenvalue weighted by atomic mass is 16.5. The summed E-state index contributed by atoms with van der Waals surface area (Å²) in [5, 5.41) is 0. The zero-order valence-electron chi connectivity index (χ0n) is 12.1. The van der Waals surface area contributed by atoms with E-state index in [0.29, 0.717) is 6.54 Å². The molecular formula is C15H24N2O2. The fraction of sp³-hybridized carbons (Fsp3) is 0.600. The van der Waals surface area contributed by atoms with E-state index in [4.69, 9.17) is 15.2 Å². The van der Waals surface area contributed by atoms with Crippen molar-refractivity contribution < 1.29 is 9.47 Å². The number of aryl methyl sites for hydroxylation is 2. The Morgan fingerprint density at radius 2 is 1.89 bits per heavy atom. The molecule has 19 heavy (non-hydrogen) atoms. The Morgan fingerprint density at radius 1 is 1.26 bits per heavy atom. The zero-order chi connectivity index (χ0) is 13.8. The Kier molecular flexibility index (Phi) is 4.80. The van der Waals surface area contributed by atoms with Gasteiger partial charge < -0.3 is 15.2 Å². The molecule has 4 nitrogen and oxygen atoms in total. The molecule has 0 spiro atoms. The number of benzene rings is 1. The van der Waals surface area contributed by atoms with Gasteiger partial charge in [0.25, 0.3) is 0 Å². The van der Waals surface area contributed by atoms with Gasteiger partial charge >= 0.3 is 0 Å². The van der Waals surface area contributed by atoms with E-state index >= 15 is 0 Å². The molecule has 0 saturated carbocycles. The lowest BCUT2D eigenvalue weighted by Gasteiger charge is -2.35. The average molecular weight is 264 g/mol. The zero-order valence-corrected chi connectivity index (χ0v) is 12.1. The first-order valence-corrected chi connectivity index (χ1v) is 6.84. The fourth-order valence-electron chi connectivity index (χ4n) is 2.61. The van der Waals surface area contributed by atoms with Crippen molar-refractivity contribution in [3.05, 3.63) is 28.8 Å². The first kappa shape index (κ1) is 14.3. The fourth-order valence-corrected chi connectivity index (χ4v) is 2.61. The van der Waals surface area contributed by atoms with Crippen molar-refractivity contribution in [3.8, 4) is 5.75 Å². The van der Waals surface area contributed by atoms with Crippen molar-refractivity contribution in [2.75, 3.05) is 40.0 Å². The van der Waals surface area contributed by atoms with Crippen LogP contribution in [0.2, 0.25) is 0 Å². The highest BCUT2D eigenvalue weighted by molar-refractivity contribution is 5.43. The molecule has 0 amide bonds. The SMILES string of the molecule is COc1cc(C)c(C)cc1C(CN)N1CCOCC1. The number of nitrogens with two attached hydrogens (primary N) is 1. The molecule has 1 saturated heterocycles. The van der Waals surface area contributed by atoms with Crippen LogP contribution in [0.25, 0.3) is 0 Å². The van der Waals surface area contributed by atoms with Crippen LogP contribution in [0.4, 0.5) is 0 Å². The van der Waals surface area contributed by atoms with Crippen molar-refractivity contribution >= 4 is 0 Å². The average Bonchev–Trinajstić information content (AvgIpc) is 2.44. The molecule has 106 valence electrons. The topological polar surface area (TPSA) is 47.7 Å². The van der Waals surface area contributed by atoms with E-state index in [0.717, 1.165) is 32.1 Å². The molecule has 0 bridgehead atoms. The second kappa shape index (κ2) is 6.37. The van der Waals surface area contributed by atoms with Crippen LogP contribution in [-0.4, -0.2) is 44.9 Å². The first-order chi connectivity index (χ1) is 9.17. The quantitative estimate of drug-likeness (QED) is 0.898. The van der Waals surface area contributed by atoms with Crippen LogP contribution in [0, 0.1) is 13.8 Å². The van der Waals surface area contributed by atoms with Crippen molar-refractivity contribution in [1.29, 1.82) is 0 Å². The monoisotopic (exact) mass is 264 g/mol. The molecule has 1 fully saturated rings. The summed E-state index contributed by atoms with van der Waals surface area (Å²) in [5.41, 5.74) is 9.73. The van der Waals surface area contributed by atoms with Gasteiger partial charge in [0.2, 0.25) is 0 Å². The largest absolute Gasteiger partial charge is 0.496 e. The third-order valence-corrected chi connectivity index (χ3v) is 3.91. The van der Waals surface area contributed by atoms with Gasteiger partial charge in [0, 0.05) is 25.2 Å². The van der Waals surface area contributed by atoms with Crippen LogP contribution >= 0.6 is 0 Å². The van der Waals surface area contributed by atoms with E-state index < -0.39 is 0 Å². The van der Waals surface area contributed by atoms with Crippen molar-refractivity contribution in [2.24, 2.45) is 5.73 Å². The van der Waals surface area contributed by atoms with E-state index in [1.54, 1.807) is 7.11 Å². The summed E-state index contributed by atoms with van der Waals surface area (Å²) in [4.78, 5) is 2.39. The normalized spacial score (nSPS) is 18.3. The van der Waals surface area contributed by atoms with Crippen LogP contribution in [0.15, 0.2) is 12.1 Å². The number of hydrogen-bond donors (Lipinski definition) is 1. The molecule has 0 aliphatic carbocycles. The van der Waals surface area contributed by atoms with Crippen molar-refractivity contribution in [3.63, 3.8) is 0 Å². The van der Waals surface area contributed by atoms with E-state index in [1.807, 2.05) is 0 Å². The van der Waals surface area contributed by atoms with Gasteiger partial charge in [0.1, 0.15) is 5.75 Å². The minimum absolute atomic E-state index is 0.207. The number of methoxy groups -OCH3 is 1. The molecule has 2 N–H and O–H groups in total. The van der Waals surface area contributed by atoms with Gasteiger partial charge in [-0.3, -0.25) is 4.90 Å². The molecule has 1 aromatic rings. The van der Waals surface area contributed by atoms with E-state index in [2.05, 4.69) is 30.9 Å². The number of nitrogens with zero attached hydrogens (tertiary/aromatic N) is 1. The first-order valence-electron chi connectivity index (χ1n) is 6.84. The van der Waals surface area contributed by atoms with Gasteiger partial charge in [-0.1, -0.05) is 6.07 Å². The molecule has 1 aliphatic rings. The molecule has 1 heterocycles. The molecule has 2 rings (SSSR count). The summed E-state index contributed by atoms with van der Waals surface area (Å²) in [5.74, 6) is 0.935. The molecule has 0 aromatic heterocycles. The lowest BCUT2D eigenvalue weighted by molar-refractivity contribution is 0.0174. The summed E-state index contributed by atoms with van der Waals surface area (Å²) in [6.45, 7) is 8.25. The Balaban J connectivity index is 2.33. The number of morpholine rings is 1. The number of hydrogen-bond acceptors (Lipinski definition) is 4. The molecule has 1 unspecified atom stereocenters. The van der Waals surface area contributed by atoms with E-state index in [9.17, 15) is 0 Å². The van der Waals surface area contributed by atoms with Gasteiger partial charge in [0.15, 0.2) is 0 Å². The summed E-state index contributed by atoms with van der Waals surface area (Å²) >= 11 is 0. The number of rotatable bonds is 4. The van der Waals surface area contributed by atoms with Crippen molar-refractivity contribution in [1.82, 2.24) is 4.90 Å². The van der Waals surface area contributed by atoms with Crippen LogP contribution in [-0.2, 0) is 4.74 Å². The second-order valence-corrected chi connectivity index (χ2v) is 5.08. The van der Waals surface area contributed by atoms with Gasteiger partial charge in [-0.15, -0.1) is 0 Å². The van der Waals surface area contributed by atoms with E-state index in [1.165, 1.54) is 16.7 Å². The molecule has 1 aromatic carbocycles. The van der Waals surface area contributed by atoms with Crippen LogP contribution in [0.5, 0.6) is 5.75 Å². The van der Waals surface area contributed by atoms with Crippen molar-refractivity contribution in [2.45, 2.75) is 19.9 Å². The highest BCUT2D eigenvalue weighted by Gasteiger charge is 2.24. The summed E-state index contributed by atoms with van der Waals surface area (Å²) in [6.07, 6.45) is 0. The minimum Gasteiger partial charge on any atom is -0.496 e. The third-order valence-electron chi connectivity index (χ3n) is 3.91. The van der Waals surface area contributed by atoms with Gasteiger partial charge in [-0.25, -0.2) is 0 Å². The highest BCUT2D eigenvalue weighted by Crippen LogP contribution is 2.31. The Hall–Kier alpha value is -1.10. The van der Waals surface area contributed by atoms with Crippen LogP contribution < -0.4 is 10.5 Å². The van der Waals surface area contributed by atoms with Gasteiger partial charge in [0.05, 0.1) is 26.4 Å². The van der Waals surface area contributed by atoms with Gasteiger partial charge in [-0.2, -0.15) is 0 Å². The molecule has 0 radical (unpaired) electrons. The summed E-state index contributed by atoms with van der Waals surface area (Å²) in [6, 6.07) is 4.52. The van der Waals surface area contributed by atoms with E-state index in [-0.39, 0.29) is 6.04 Å². The lowest BCUT2D eigenvalue weighted by Crippen LogP contribution is -2.42. The predicted octanol–water partition coefficient (Wildman–Crippen LogP) is 1.64. The third kappa shape index (κ3) is 3.08. The molecule has 4 heteroatoms. The summed E-state index contributed by atoms with van der Waals surface area (Å²) < 4.78 is 11.0. The Bertz CT molecular complexity index is 428. The standard InChI is InChI=1S/C15H24N2O2/c1-11-8-13(15(18-3)9-12(11)2)14(10-16)17-4-6-19-7-5-17/h8-9,14H,4-7,10,16H2,1-3H3. The van der Waals surface area contributed by atoms with Gasteiger partial charge in [-0.05, 0) is 31.0 Å². The van der Waals surface area contributed by atoms with Crippen LogP contribution in [0.1, 0.15) is 22.7 Å². The lowest BCUT2D eigenvalue weighted by atomic mass is 9.98. The second-order valence-electron chi connectivity index (χ2n) is 5.08. The number of ether oxygens (including phenoxy) is 2. The Labute approximate surface area is 115 Å². The van der Waals surface area contributed by atoms with Crippen LogP contribution in [0.3, 0.4) is 0 Å². The summed E-state index contributed by atoms with van der Waals surface area (Å²) in [7, 11) is 1.72. The minimum atomic E-state index is 0.207. The maximum Gasteiger partial charge on any atom is 0.123 e. The molecule has 1 aliphatic heterocycles. The predicted molar refractivity (Wildman–Crippen MR) is 76.7 cm³/mol. The molecule has 1 atom stereocenters.